The molecule has 1 amide bonds. The lowest BCUT2D eigenvalue weighted by molar-refractivity contribution is 0.0850. The van der Waals surface area contributed by atoms with Crippen LogP contribution < -0.4 is 5.32 Å². The van der Waals surface area contributed by atoms with E-state index in [0.29, 0.717) is 12.5 Å². The van der Waals surface area contributed by atoms with Gasteiger partial charge in [-0.2, -0.15) is 0 Å². The Morgan fingerprint density at radius 2 is 2.41 bits per heavy atom. The largest absolute Gasteiger partial charge is 0.376 e. The standard InChI is InChI=1S/C16H21BrN2O2S/c1-10(2)8-19-13(6-14-15(19)12(17)9-22-14)16(20)18-7-11-4-3-5-21-11/h6,9-11H,3-5,7-8H2,1-2H3,(H,18,20)/t11-/m1/s1. The van der Waals surface area contributed by atoms with E-state index in [2.05, 4.69) is 45.0 Å². The van der Waals surface area contributed by atoms with Gasteiger partial charge in [0.1, 0.15) is 5.69 Å². The molecule has 0 unspecified atom stereocenters. The first-order valence-electron chi connectivity index (χ1n) is 7.72. The quantitative estimate of drug-likeness (QED) is 0.845. The van der Waals surface area contributed by atoms with Gasteiger partial charge < -0.3 is 14.6 Å². The van der Waals surface area contributed by atoms with Crippen molar-refractivity contribution in [1.29, 1.82) is 0 Å². The van der Waals surface area contributed by atoms with Crippen LogP contribution in [0.1, 0.15) is 37.2 Å². The molecule has 0 radical (unpaired) electrons. The van der Waals surface area contributed by atoms with Gasteiger partial charge in [-0.1, -0.05) is 13.8 Å². The zero-order valence-electron chi connectivity index (χ0n) is 12.9. The number of nitrogens with one attached hydrogen (secondary N) is 1. The number of fused-ring (bicyclic) bond motifs is 1. The number of hydrogen-bond acceptors (Lipinski definition) is 3. The summed E-state index contributed by atoms with van der Waals surface area (Å²) in [4.78, 5) is 12.6. The van der Waals surface area contributed by atoms with Crippen LogP contribution in [0, 0.1) is 5.92 Å². The molecule has 6 heteroatoms. The number of carbonyl (C=O) groups excluding carboxylic acids is 1. The summed E-state index contributed by atoms with van der Waals surface area (Å²) >= 11 is 5.27. The van der Waals surface area contributed by atoms with E-state index in [4.69, 9.17) is 4.74 Å². The van der Waals surface area contributed by atoms with Crippen molar-refractivity contribution in [2.75, 3.05) is 13.2 Å². The van der Waals surface area contributed by atoms with Gasteiger partial charge in [-0.05, 0) is 40.8 Å². The number of aromatic nitrogens is 1. The van der Waals surface area contributed by atoms with Crippen LogP contribution in [0.5, 0.6) is 0 Å². The Kier molecular flexibility index (Phi) is 4.90. The van der Waals surface area contributed by atoms with Crippen molar-refractivity contribution in [1.82, 2.24) is 9.88 Å². The topological polar surface area (TPSA) is 43.3 Å². The molecule has 120 valence electrons. The maximum absolute atomic E-state index is 12.6. The summed E-state index contributed by atoms with van der Waals surface area (Å²) in [5, 5.41) is 5.11. The minimum atomic E-state index is -0.00792. The highest BCUT2D eigenvalue weighted by atomic mass is 79.9. The maximum Gasteiger partial charge on any atom is 0.268 e. The van der Waals surface area contributed by atoms with Crippen molar-refractivity contribution >= 4 is 43.4 Å². The maximum atomic E-state index is 12.6. The Labute approximate surface area is 143 Å². The molecule has 0 saturated carbocycles. The Hall–Kier alpha value is -0.850. The van der Waals surface area contributed by atoms with E-state index in [1.165, 1.54) is 0 Å². The lowest BCUT2D eigenvalue weighted by Crippen LogP contribution is -2.33. The van der Waals surface area contributed by atoms with E-state index in [0.717, 1.165) is 46.4 Å². The molecular weight excluding hydrogens is 364 g/mol. The predicted molar refractivity (Wildman–Crippen MR) is 93.7 cm³/mol. The Morgan fingerprint density at radius 1 is 1.59 bits per heavy atom. The molecule has 2 aromatic heterocycles. The van der Waals surface area contributed by atoms with Gasteiger partial charge in [-0.25, -0.2) is 0 Å². The number of hydrogen-bond donors (Lipinski definition) is 1. The van der Waals surface area contributed by atoms with Crippen molar-refractivity contribution in [3.05, 3.63) is 21.6 Å². The fourth-order valence-electron chi connectivity index (χ4n) is 2.88. The average molecular weight is 385 g/mol. The van der Waals surface area contributed by atoms with Crippen LogP contribution in [0.2, 0.25) is 0 Å². The van der Waals surface area contributed by atoms with Crippen LogP contribution in [0.3, 0.4) is 0 Å². The van der Waals surface area contributed by atoms with Gasteiger partial charge in [0.15, 0.2) is 0 Å². The Balaban J connectivity index is 1.83. The molecule has 3 heterocycles. The molecule has 1 aliphatic rings. The molecule has 22 heavy (non-hydrogen) atoms. The normalized spacial score (nSPS) is 18.5. The number of amides is 1. The summed E-state index contributed by atoms with van der Waals surface area (Å²) in [5.74, 6) is 0.471. The van der Waals surface area contributed by atoms with Crippen LogP contribution >= 0.6 is 27.3 Å². The van der Waals surface area contributed by atoms with Crippen LogP contribution in [-0.2, 0) is 11.3 Å². The Morgan fingerprint density at radius 3 is 3.09 bits per heavy atom. The Bertz CT molecular complexity index is 671. The zero-order chi connectivity index (χ0) is 15.7. The number of carbonyl (C=O) groups is 1. The van der Waals surface area contributed by atoms with Gasteiger partial charge in [0.25, 0.3) is 5.91 Å². The second-order valence-corrected chi connectivity index (χ2v) is 7.94. The second kappa shape index (κ2) is 6.72. The van der Waals surface area contributed by atoms with Crippen molar-refractivity contribution in [3.8, 4) is 0 Å². The van der Waals surface area contributed by atoms with Gasteiger partial charge in [-0.15, -0.1) is 11.3 Å². The SMILES string of the molecule is CC(C)Cn1c(C(=O)NC[C@H]2CCCO2)cc2scc(Br)c21. The first kappa shape index (κ1) is 16.0. The number of thiophene rings is 1. The van der Waals surface area contributed by atoms with E-state index in [9.17, 15) is 4.79 Å². The minimum Gasteiger partial charge on any atom is -0.376 e. The highest BCUT2D eigenvalue weighted by Crippen LogP contribution is 2.33. The monoisotopic (exact) mass is 384 g/mol. The van der Waals surface area contributed by atoms with Crippen molar-refractivity contribution in [3.63, 3.8) is 0 Å². The van der Waals surface area contributed by atoms with Gasteiger partial charge in [0.2, 0.25) is 0 Å². The van der Waals surface area contributed by atoms with Crippen LogP contribution in [0.4, 0.5) is 0 Å². The summed E-state index contributed by atoms with van der Waals surface area (Å²) in [6.07, 6.45) is 2.30. The van der Waals surface area contributed by atoms with E-state index in [1.54, 1.807) is 11.3 Å². The van der Waals surface area contributed by atoms with Gasteiger partial charge >= 0.3 is 0 Å². The molecule has 0 aromatic carbocycles. The lowest BCUT2D eigenvalue weighted by Gasteiger charge is -2.15. The molecule has 0 spiro atoms. The molecule has 1 fully saturated rings. The molecule has 0 aliphatic carbocycles. The van der Waals surface area contributed by atoms with Crippen molar-refractivity contribution < 1.29 is 9.53 Å². The van der Waals surface area contributed by atoms with E-state index >= 15 is 0 Å². The first-order chi connectivity index (χ1) is 10.6. The third kappa shape index (κ3) is 3.24. The minimum absolute atomic E-state index is 0.00792. The van der Waals surface area contributed by atoms with Crippen molar-refractivity contribution in [2.24, 2.45) is 5.92 Å². The molecule has 1 atom stereocenters. The molecule has 0 bridgehead atoms. The van der Waals surface area contributed by atoms with Crippen LogP contribution in [0.15, 0.2) is 15.9 Å². The summed E-state index contributed by atoms with van der Waals surface area (Å²) in [5.41, 5.74) is 1.87. The van der Waals surface area contributed by atoms with E-state index in [-0.39, 0.29) is 12.0 Å². The van der Waals surface area contributed by atoms with Gasteiger partial charge in [0.05, 0.1) is 20.8 Å². The third-order valence-electron chi connectivity index (χ3n) is 3.87. The molecular formula is C16H21BrN2O2S. The fraction of sp³-hybridized carbons (Fsp3) is 0.562. The molecule has 1 N–H and O–H groups in total. The summed E-state index contributed by atoms with van der Waals surface area (Å²) < 4.78 is 9.91. The molecule has 1 aliphatic heterocycles. The molecule has 2 aromatic rings. The first-order valence-corrected chi connectivity index (χ1v) is 9.39. The predicted octanol–water partition coefficient (Wildman–Crippen LogP) is 4.03. The van der Waals surface area contributed by atoms with E-state index < -0.39 is 0 Å². The average Bonchev–Trinajstić information content (AvgIpc) is 3.16. The van der Waals surface area contributed by atoms with Gasteiger partial charge in [0, 0.05) is 25.1 Å². The van der Waals surface area contributed by atoms with Crippen LogP contribution in [-0.4, -0.2) is 29.7 Å². The zero-order valence-corrected chi connectivity index (χ0v) is 15.3. The molecule has 1 saturated heterocycles. The number of halogens is 1. The second-order valence-electron chi connectivity index (χ2n) is 6.18. The summed E-state index contributed by atoms with van der Waals surface area (Å²) in [6.45, 7) is 6.58. The highest BCUT2D eigenvalue weighted by Gasteiger charge is 2.21. The number of rotatable bonds is 5. The van der Waals surface area contributed by atoms with Gasteiger partial charge in [-0.3, -0.25) is 4.79 Å². The summed E-state index contributed by atoms with van der Waals surface area (Å²) in [7, 11) is 0. The van der Waals surface area contributed by atoms with Crippen molar-refractivity contribution in [2.45, 2.75) is 39.3 Å². The smallest absolute Gasteiger partial charge is 0.268 e. The van der Waals surface area contributed by atoms with E-state index in [1.807, 2.05) is 6.07 Å². The molecule has 4 nitrogen and oxygen atoms in total. The molecule has 3 rings (SSSR count). The summed E-state index contributed by atoms with van der Waals surface area (Å²) in [6, 6.07) is 2.00. The third-order valence-corrected chi connectivity index (χ3v) is 5.70. The number of nitrogens with zero attached hydrogens (tertiary/aromatic N) is 1. The lowest BCUT2D eigenvalue weighted by atomic mass is 10.2. The number of ether oxygens (including phenoxy) is 1. The highest BCUT2D eigenvalue weighted by molar-refractivity contribution is 9.10. The fourth-order valence-corrected chi connectivity index (χ4v) is 4.57. The van der Waals surface area contributed by atoms with Crippen LogP contribution in [0.25, 0.3) is 10.2 Å².